The third-order valence-corrected chi connectivity index (χ3v) is 2.97. The van der Waals surface area contributed by atoms with Crippen LogP contribution in [0.25, 0.3) is 11.3 Å². The third-order valence-electron chi connectivity index (χ3n) is 2.97. The molecule has 0 saturated carbocycles. The molecule has 0 aliphatic carbocycles. The first-order valence-electron chi connectivity index (χ1n) is 7.04. The molecule has 7 nitrogen and oxygen atoms in total. The van der Waals surface area contributed by atoms with Crippen molar-refractivity contribution >= 4 is 17.8 Å². The second-order valence-electron chi connectivity index (χ2n) is 4.92. The van der Waals surface area contributed by atoms with Crippen LogP contribution in [-0.4, -0.2) is 34.9 Å². The van der Waals surface area contributed by atoms with E-state index in [4.69, 9.17) is 0 Å². The predicted octanol–water partition coefficient (Wildman–Crippen LogP) is 2.05. The number of anilines is 1. The highest BCUT2D eigenvalue weighted by Gasteiger charge is 2.11. The van der Waals surface area contributed by atoms with E-state index in [0.717, 1.165) is 18.2 Å². The number of aryl methyl sites for hydroxylation is 1. The lowest BCUT2D eigenvalue weighted by molar-refractivity contribution is -0.140. The summed E-state index contributed by atoms with van der Waals surface area (Å²) in [5.74, 6) is -1.53. The molecule has 0 spiro atoms. The van der Waals surface area contributed by atoms with Gasteiger partial charge in [0.05, 0.1) is 12.2 Å². The molecular weight excluding hydrogens is 322 g/mol. The summed E-state index contributed by atoms with van der Waals surface area (Å²) in [6.07, 6.45) is 0. The van der Waals surface area contributed by atoms with Crippen LogP contribution in [0.15, 0.2) is 24.3 Å². The number of rotatable bonds is 5. The molecule has 0 radical (unpaired) electrons. The van der Waals surface area contributed by atoms with Crippen molar-refractivity contribution < 1.29 is 23.1 Å². The van der Waals surface area contributed by atoms with Gasteiger partial charge in [-0.25, -0.2) is 13.6 Å². The number of urea groups is 1. The summed E-state index contributed by atoms with van der Waals surface area (Å²) >= 11 is 0. The van der Waals surface area contributed by atoms with Gasteiger partial charge in [0.15, 0.2) is 0 Å². The van der Waals surface area contributed by atoms with Gasteiger partial charge in [0.2, 0.25) is 0 Å². The topological polar surface area (TPSA) is 85.2 Å². The van der Waals surface area contributed by atoms with Crippen molar-refractivity contribution in [1.82, 2.24) is 15.1 Å². The van der Waals surface area contributed by atoms with Crippen molar-refractivity contribution in [1.29, 1.82) is 0 Å². The second-order valence-corrected chi connectivity index (χ2v) is 4.92. The maximum atomic E-state index is 13.3. The second kappa shape index (κ2) is 7.53. The molecule has 2 amide bonds. The van der Waals surface area contributed by atoms with Crippen LogP contribution in [0.5, 0.6) is 0 Å². The molecule has 9 heteroatoms. The van der Waals surface area contributed by atoms with Gasteiger partial charge >= 0.3 is 12.0 Å². The maximum absolute atomic E-state index is 13.3. The van der Waals surface area contributed by atoms with Crippen LogP contribution in [-0.2, 0) is 16.6 Å². The number of aromatic nitrogens is 2. The number of ether oxygens (including phenoxy) is 1. The number of hydrogen-bond acceptors (Lipinski definition) is 4. The van der Waals surface area contributed by atoms with Crippen molar-refractivity contribution in [3.63, 3.8) is 0 Å². The largest absolute Gasteiger partial charge is 0.464 e. The van der Waals surface area contributed by atoms with Crippen LogP contribution in [0.3, 0.4) is 0 Å². The van der Waals surface area contributed by atoms with E-state index in [0.29, 0.717) is 11.5 Å². The lowest BCUT2D eigenvalue weighted by Crippen LogP contribution is -2.32. The van der Waals surface area contributed by atoms with Crippen molar-refractivity contribution in [2.75, 3.05) is 18.5 Å². The first-order valence-corrected chi connectivity index (χ1v) is 7.04. The van der Waals surface area contributed by atoms with Crippen LogP contribution >= 0.6 is 0 Å². The van der Waals surface area contributed by atoms with Gasteiger partial charge < -0.3 is 10.1 Å². The van der Waals surface area contributed by atoms with Crippen LogP contribution in [0.4, 0.5) is 19.4 Å². The van der Waals surface area contributed by atoms with E-state index in [2.05, 4.69) is 20.5 Å². The summed E-state index contributed by atoms with van der Waals surface area (Å²) in [7, 11) is 1.58. The van der Waals surface area contributed by atoms with E-state index in [1.165, 1.54) is 17.7 Å². The Balaban J connectivity index is 2.01. The summed E-state index contributed by atoms with van der Waals surface area (Å²) in [5, 5.41) is 9.14. The summed E-state index contributed by atoms with van der Waals surface area (Å²) in [5.41, 5.74) is 0.567. The van der Waals surface area contributed by atoms with Crippen molar-refractivity contribution in [2.45, 2.75) is 6.92 Å². The average Bonchev–Trinajstić information content (AvgIpc) is 2.84. The van der Waals surface area contributed by atoms with E-state index >= 15 is 0 Å². The zero-order valence-electron chi connectivity index (χ0n) is 13.1. The molecule has 1 heterocycles. The highest BCUT2D eigenvalue weighted by atomic mass is 19.1. The number of hydrogen-bond donors (Lipinski definition) is 2. The van der Waals surface area contributed by atoms with Gasteiger partial charge in [-0.2, -0.15) is 5.10 Å². The maximum Gasteiger partial charge on any atom is 0.320 e. The number of nitrogens with one attached hydrogen (secondary N) is 2. The summed E-state index contributed by atoms with van der Waals surface area (Å²) in [4.78, 5) is 22.3. The fraction of sp³-hybridized carbons (Fsp3) is 0.267. The molecule has 0 saturated heterocycles. The summed E-state index contributed by atoms with van der Waals surface area (Å²) < 4.78 is 32.6. The molecule has 2 rings (SSSR count). The van der Waals surface area contributed by atoms with E-state index in [-0.39, 0.29) is 18.7 Å². The molecule has 0 fully saturated rings. The Hall–Kier alpha value is -2.97. The minimum absolute atomic E-state index is 0.0575. The molecule has 24 heavy (non-hydrogen) atoms. The molecular formula is C15H16F2N4O3. The molecule has 2 N–H and O–H groups in total. The number of nitrogens with zero attached hydrogens (tertiary/aromatic N) is 2. The average molecular weight is 338 g/mol. The molecule has 128 valence electrons. The van der Waals surface area contributed by atoms with E-state index in [1.54, 1.807) is 7.05 Å². The van der Waals surface area contributed by atoms with Crippen LogP contribution < -0.4 is 10.6 Å². The number of carbonyl (C=O) groups excluding carboxylic acids is 2. The van der Waals surface area contributed by atoms with Gasteiger partial charge in [-0.3, -0.25) is 14.8 Å². The minimum Gasteiger partial charge on any atom is -0.464 e. The Bertz CT molecular complexity index is 741. The molecule has 1 aromatic carbocycles. The van der Waals surface area contributed by atoms with Crippen molar-refractivity contribution in [3.05, 3.63) is 35.9 Å². The zero-order chi connectivity index (χ0) is 17.7. The Morgan fingerprint density at radius 2 is 1.88 bits per heavy atom. The molecule has 0 bridgehead atoms. The monoisotopic (exact) mass is 338 g/mol. The number of amides is 2. The first kappa shape index (κ1) is 17.4. The number of esters is 1. The normalized spacial score (nSPS) is 10.3. The van der Waals surface area contributed by atoms with Gasteiger partial charge in [0.25, 0.3) is 0 Å². The van der Waals surface area contributed by atoms with Gasteiger partial charge in [-0.1, -0.05) is 0 Å². The smallest absolute Gasteiger partial charge is 0.320 e. The molecule has 0 aliphatic rings. The van der Waals surface area contributed by atoms with Crippen LogP contribution in [0.1, 0.15) is 6.92 Å². The van der Waals surface area contributed by atoms with E-state index < -0.39 is 23.6 Å². The summed E-state index contributed by atoms with van der Waals surface area (Å²) in [6, 6.07) is 4.02. The molecule has 0 unspecified atom stereocenters. The van der Waals surface area contributed by atoms with Crippen molar-refractivity contribution in [2.24, 2.45) is 7.05 Å². The van der Waals surface area contributed by atoms with Gasteiger partial charge in [0.1, 0.15) is 24.1 Å². The Labute approximate surface area is 136 Å². The molecule has 0 aliphatic heterocycles. The first-order chi connectivity index (χ1) is 11.3. The Kier molecular flexibility index (Phi) is 5.46. The SMILES string of the molecule is CC(=O)OCCNC(=O)Nc1cc(-c2cc(F)cc(F)c2)nn1C. The molecule has 1 aromatic heterocycles. The van der Waals surface area contributed by atoms with Crippen LogP contribution in [0, 0.1) is 11.6 Å². The third kappa shape index (κ3) is 4.77. The fourth-order valence-corrected chi connectivity index (χ4v) is 1.95. The predicted molar refractivity (Wildman–Crippen MR) is 82.2 cm³/mol. The summed E-state index contributed by atoms with van der Waals surface area (Å²) in [6.45, 7) is 1.47. The van der Waals surface area contributed by atoms with Gasteiger partial charge in [0, 0.05) is 31.7 Å². The lowest BCUT2D eigenvalue weighted by atomic mass is 10.1. The van der Waals surface area contributed by atoms with Crippen LogP contribution in [0.2, 0.25) is 0 Å². The number of halogens is 2. The minimum atomic E-state index is -0.714. The molecule has 0 atom stereocenters. The van der Waals surface area contributed by atoms with Gasteiger partial charge in [-0.15, -0.1) is 0 Å². The zero-order valence-corrected chi connectivity index (χ0v) is 13.1. The highest BCUT2D eigenvalue weighted by Crippen LogP contribution is 2.23. The standard InChI is InChI=1S/C15H16F2N4O3/c1-9(22)24-4-3-18-15(23)19-14-8-13(20-21(14)2)10-5-11(16)7-12(17)6-10/h5-8H,3-4H2,1-2H3,(H2,18,19,23). The number of benzene rings is 1. The lowest BCUT2D eigenvalue weighted by Gasteiger charge is -2.07. The van der Waals surface area contributed by atoms with E-state index in [9.17, 15) is 18.4 Å². The quantitative estimate of drug-likeness (QED) is 0.645. The fourth-order valence-electron chi connectivity index (χ4n) is 1.95. The number of carbonyl (C=O) groups is 2. The molecule has 2 aromatic rings. The Morgan fingerprint density at radius 3 is 2.50 bits per heavy atom. The highest BCUT2D eigenvalue weighted by molar-refractivity contribution is 5.89. The van der Waals surface area contributed by atoms with E-state index in [1.807, 2.05) is 0 Å². The van der Waals surface area contributed by atoms with Gasteiger partial charge in [-0.05, 0) is 12.1 Å². The van der Waals surface area contributed by atoms with Crippen molar-refractivity contribution in [3.8, 4) is 11.3 Å². The Morgan fingerprint density at radius 1 is 1.21 bits per heavy atom.